The maximum atomic E-state index is 12.6. The Hall–Kier alpha value is -1.80. The number of hydrogen-bond donors (Lipinski definition) is 2. The number of amides is 2. The van der Waals surface area contributed by atoms with Gasteiger partial charge in [-0.25, -0.2) is 4.79 Å². The average molecular weight is 401 g/mol. The van der Waals surface area contributed by atoms with E-state index in [1.807, 2.05) is 0 Å². The molecule has 1 aromatic carbocycles. The minimum absolute atomic E-state index is 0.178. The molecular weight excluding hydrogens is 371 g/mol. The van der Waals surface area contributed by atoms with Gasteiger partial charge >= 0.3 is 12.2 Å². The molecule has 0 spiro atoms. The number of rotatable bonds is 8. The Morgan fingerprint density at radius 1 is 1.11 bits per heavy atom. The first-order valence-corrected chi connectivity index (χ1v) is 9.84. The van der Waals surface area contributed by atoms with E-state index < -0.39 is 11.7 Å². The van der Waals surface area contributed by atoms with Gasteiger partial charge in [-0.1, -0.05) is 38.8 Å². The Morgan fingerprint density at radius 2 is 1.71 bits per heavy atom. The van der Waals surface area contributed by atoms with E-state index >= 15 is 0 Å². The number of carbonyl (C=O) groups is 1. The maximum Gasteiger partial charge on any atom is 0.416 e. The molecule has 5 nitrogen and oxygen atoms in total. The minimum Gasteiger partial charge on any atom is -0.379 e. The van der Waals surface area contributed by atoms with Crippen molar-refractivity contribution in [1.29, 1.82) is 0 Å². The fourth-order valence-electron chi connectivity index (χ4n) is 3.59. The molecule has 158 valence electrons. The van der Waals surface area contributed by atoms with Gasteiger partial charge in [-0.05, 0) is 23.6 Å². The Labute approximate surface area is 164 Å². The molecule has 1 heterocycles. The van der Waals surface area contributed by atoms with Crippen molar-refractivity contribution in [3.8, 4) is 0 Å². The van der Waals surface area contributed by atoms with E-state index in [2.05, 4.69) is 29.4 Å². The fourth-order valence-corrected chi connectivity index (χ4v) is 3.59. The molecular formula is C20H30F3N3O2. The summed E-state index contributed by atoms with van der Waals surface area (Å²) in [5, 5.41) is 5.64. The molecule has 1 aliphatic rings. The van der Waals surface area contributed by atoms with Crippen molar-refractivity contribution in [2.75, 3.05) is 32.8 Å². The zero-order valence-corrected chi connectivity index (χ0v) is 16.5. The SMILES string of the molecule is CCC(CC)C(CNC(=O)NCc1ccc(C(F)(F)F)cc1)N1CCOCC1. The number of benzene rings is 1. The number of alkyl halides is 3. The molecule has 2 amide bonds. The van der Waals surface area contributed by atoms with E-state index in [4.69, 9.17) is 4.74 Å². The first-order chi connectivity index (χ1) is 13.3. The monoisotopic (exact) mass is 401 g/mol. The Balaban J connectivity index is 1.84. The fraction of sp³-hybridized carbons (Fsp3) is 0.650. The van der Waals surface area contributed by atoms with Gasteiger partial charge in [0.15, 0.2) is 0 Å². The molecule has 0 radical (unpaired) electrons. The second-order valence-corrected chi connectivity index (χ2v) is 7.05. The Bertz CT molecular complexity index is 598. The van der Waals surface area contributed by atoms with Crippen molar-refractivity contribution in [3.63, 3.8) is 0 Å². The van der Waals surface area contributed by atoms with Crippen LogP contribution in [-0.4, -0.2) is 49.8 Å². The predicted octanol–water partition coefficient (Wildman–Crippen LogP) is 3.64. The van der Waals surface area contributed by atoms with Crippen LogP contribution in [0.3, 0.4) is 0 Å². The summed E-state index contributed by atoms with van der Waals surface area (Å²) in [7, 11) is 0. The van der Waals surface area contributed by atoms with Gasteiger partial charge in [0.1, 0.15) is 0 Å². The molecule has 2 N–H and O–H groups in total. The molecule has 1 aromatic rings. The molecule has 0 aromatic heterocycles. The minimum atomic E-state index is -4.35. The van der Waals surface area contributed by atoms with Gasteiger partial charge in [0.05, 0.1) is 18.8 Å². The van der Waals surface area contributed by atoms with Crippen LogP contribution in [0.2, 0.25) is 0 Å². The molecule has 8 heteroatoms. The van der Waals surface area contributed by atoms with Crippen molar-refractivity contribution < 1.29 is 22.7 Å². The van der Waals surface area contributed by atoms with E-state index in [1.165, 1.54) is 12.1 Å². The zero-order chi connectivity index (χ0) is 20.6. The number of nitrogens with one attached hydrogen (secondary N) is 2. The van der Waals surface area contributed by atoms with Crippen LogP contribution < -0.4 is 10.6 Å². The molecule has 1 fully saturated rings. The largest absolute Gasteiger partial charge is 0.416 e. The smallest absolute Gasteiger partial charge is 0.379 e. The number of carbonyl (C=O) groups excluding carboxylic acids is 1. The molecule has 0 bridgehead atoms. The van der Waals surface area contributed by atoms with Crippen LogP contribution in [0.25, 0.3) is 0 Å². The molecule has 1 atom stereocenters. The van der Waals surface area contributed by atoms with Gasteiger partial charge in [0.2, 0.25) is 0 Å². The van der Waals surface area contributed by atoms with Crippen LogP contribution in [-0.2, 0) is 17.5 Å². The summed E-state index contributed by atoms with van der Waals surface area (Å²) >= 11 is 0. The van der Waals surface area contributed by atoms with Gasteiger partial charge < -0.3 is 15.4 Å². The molecule has 1 aliphatic heterocycles. The highest BCUT2D eigenvalue weighted by atomic mass is 19.4. The predicted molar refractivity (Wildman–Crippen MR) is 102 cm³/mol. The van der Waals surface area contributed by atoms with Gasteiger partial charge in [-0.3, -0.25) is 4.90 Å². The molecule has 1 saturated heterocycles. The van der Waals surface area contributed by atoms with Crippen molar-refractivity contribution in [1.82, 2.24) is 15.5 Å². The van der Waals surface area contributed by atoms with E-state index in [9.17, 15) is 18.0 Å². The van der Waals surface area contributed by atoms with E-state index in [1.54, 1.807) is 0 Å². The number of urea groups is 1. The van der Waals surface area contributed by atoms with Crippen molar-refractivity contribution in [3.05, 3.63) is 35.4 Å². The first kappa shape index (κ1) is 22.5. The number of halogens is 3. The second kappa shape index (κ2) is 10.7. The van der Waals surface area contributed by atoms with Gasteiger partial charge in [-0.15, -0.1) is 0 Å². The van der Waals surface area contributed by atoms with Crippen LogP contribution in [0.4, 0.5) is 18.0 Å². The number of morpholine rings is 1. The van der Waals surface area contributed by atoms with Crippen LogP contribution in [0, 0.1) is 5.92 Å². The summed E-state index contributed by atoms with van der Waals surface area (Å²) in [6, 6.07) is 4.74. The summed E-state index contributed by atoms with van der Waals surface area (Å²) in [5.41, 5.74) is -0.0768. The third-order valence-corrected chi connectivity index (χ3v) is 5.31. The normalized spacial score (nSPS) is 16.8. The van der Waals surface area contributed by atoms with Gasteiger partial charge in [0.25, 0.3) is 0 Å². The number of nitrogens with zero attached hydrogens (tertiary/aromatic N) is 1. The van der Waals surface area contributed by atoms with Crippen LogP contribution in [0.1, 0.15) is 37.8 Å². The summed E-state index contributed by atoms with van der Waals surface area (Å²) in [5.74, 6) is 0.480. The number of ether oxygens (including phenoxy) is 1. The third-order valence-electron chi connectivity index (χ3n) is 5.31. The Kier molecular flexibility index (Phi) is 8.57. The molecule has 28 heavy (non-hydrogen) atoms. The lowest BCUT2D eigenvalue weighted by Crippen LogP contribution is -2.53. The van der Waals surface area contributed by atoms with Crippen LogP contribution in [0.5, 0.6) is 0 Å². The number of hydrogen-bond acceptors (Lipinski definition) is 3. The first-order valence-electron chi connectivity index (χ1n) is 9.84. The second-order valence-electron chi connectivity index (χ2n) is 7.05. The topological polar surface area (TPSA) is 53.6 Å². The summed E-state index contributed by atoms with van der Waals surface area (Å²) in [6.07, 6.45) is -2.28. The molecule has 0 saturated carbocycles. The lowest BCUT2D eigenvalue weighted by molar-refractivity contribution is -0.137. The quantitative estimate of drug-likeness (QED) is 0.699. The highest BCUT2D eigenvalue weighted by molar-refractivity contribution is 5.73. The zero-order valence-electron chi connectivity index (χ0n) is 16.5. The molecule has 2 rings (SSSR count). The van der Waals surface area contributed by atoms with Crippen LogP contribution >= 0.6 is 0 Å². The summed E-state index contributed by atoms with van der Waals surface area (Å²) in [6.45, 7) is 8.15. The average Bonchev–Trinajstić information content (AvgIpc) is 2.70. The van der Waals surface area contributed by atoms with Crippen LogP contribution in [0.15, 0.2) is 24.3 Å². The maximum absolute atomic E-state index is 12.6. The van der Waals surface area contributed by atoms with Crippen molar-refractivity contribution >= 4 is 6.03 Å². The van der Waals surface area contributed by atoms with Crippen molar-refractivity contribution in [2.24, 2.45) is 5.92 Å². The molecule has 0 aliphatic carbocycles. The Morgan fingerprint density at radius 3 is 2.25 bits per heavy atom. The van der Waals surface area contributed by atoms with E-state index in [0.717, 1.165) is 38.1 Å². The van der Waals surface area contributed by atoms with Gasteiger partial charge in [-0.2, -0.15) is 13.2 Å². The van der Waals surface area contributed by atoms with Gasteiger partial charge in [0, 0.05) is 32.2 Å². The van der Waals surface area contributed by atoms with Crippen molar-refractivity contribution in [2.45, 2.75) is 45.5 Å². The molecule has 1 unspecified atom stereocenters. The third kappa shape index (κ3) is 6.67. The highest BCUT2D eigenvalue weighted by Gasteiger charge is 2.30. The summed E-state index contributed by atoms with van der Waals surface area (Å²) in [4.78, 5) is 14.6. The van der Waals surface area contributed by atoms with E-state index in [0.29, 0.717) is 31.2 Å². The summed E-state index contributed by atoms with van der Waals surface area (Å²) < 4.78 is 43.2. The lowest BCUT2D eigenvalue weighted by atomic mass is 9.92. The van der Waals surface area contributed by atoms with E-state index in [-0.39, 0.29) is 18.6 Å². The lowest BCUT2D eigenvalue weighted by Gasteiger charge is -2.38. The highest BCUT2D eigenvalue weighted by Crippen LogP contribution is 2.29. The standard InChI is InChI=1S/C20H30F3N3O2/c1-3-16(4-2)18(26-9-11-28-12-10-26)14-25-19(27)24-13-15-5-7-17(8-6-15)20(21,22)23/h5-8,16,18H,3-4,9-14H2,1-2H3,(H2,24,25,27).